The molecule has 4 nitrogen and oxygen atoms in total. The van der Waals surface area contributed by atoms with Gasteiger partial charge in [-0.1, -0.05) is 64.1 Å². The number of hydrogen-bond acceptors (Lipinski definition) is 4. The summed E-state index contributed by atoms with van der Waals surface area (Å²) in [7, 11) is -1.85. The van der Waals surface area contributed by atoms with Crippen LogP contribution in [0.4, 0.5) is 0 Å². The first-order valence-electron chi connectivity index (χ1n) is 14.6. The van der Waals surface area contributed by atoms with Crippen molar-refractivity contribution in [3.8, 4) is 5.75 Å². The molecule has 0 spiro atoms. The van der Waals surface area contributed by atoms with E-state index in [1.54, 1.807) is 5.56 Å². The minimum atomic E-state index is -1.85. The Morgan fingerprint density at radius 1 is 1.03 bits per heavy atom. The highest BCUT2D eigenvalue weighted by Crippen LogP contribution is 2.61. The molecule has 2 aromatic carbocycles. The van der Waals surface area contributed by atoms with Gasteiger partial charge in [-0.25, -0.2) is 4.79 Å². The van der Waals surface area contributed by atoms with Gasteiger partial charge in [0.15, 0.2) is 0 Å². The van der Waals surface area contributed by atoms with Crippen molar-refractivity contribution in [2.75, 3.05) is 6.61 Å². The largest absolute Gasteiger partial charge is 0.543 e. The summed E-state index contributed by atoms with van der Waals surface area (Å²) in [4.78, 5) is 12.7. The van der Waals surface area contributed by atoms with Gasteiger partial charge in [-0.05, 0) is 103 Å². The number of ether oxygens (including phenoxy) is 2. The summed E-state index contributed by atoms with van der Waals surface area (Å²) in [6.07, 6.45) is 6.76. The molecule has 0 N–H and O–H groups in total. The van der Waals surface area contributed by atoms with Crippen LogP contribution in [-0.4, -0.2) is 27.0 Å². The van der Waals surface area contributed by atoms with E-state index in [1.807, 2.05) is 30.3 Å². The van der Waals surface area contributed by atoms with Crippen LogP contribution in [0.25, 0.3) is 0 Å². The maximum Gasteiger partial charge on any atom is 0.332 e. The molecule has 5 rings (SSSR count). The van der Waals surface area contributed by atoms with Gasteiger partial charge in [0.1, 0.15) is 18.5 Å². The van der Waals surface area contributed by atoms with E-state index in [9.17, 15) is 4.79 Å². The fourth-order valence-corrected chi connectivity index (χ4v) is 8.26. The molecule has 38 heavy (non-hydrogen) atoms. The molecule has 0 radical (unpaired) electrons. The molecule has 2 fully saturated rings. The van der Waals surface area contributed by atoms with E-state index in [0.717, 1.165) is 37.0 Å². The average Bonchev–Trinajstić information content (AvgIpc) is 3.19. The van der Waals surface area contributed by atoms with E-state index in [2.05, 4.69) is 59.0 Å². The Kier molecular flexibility index (Phi) is 7.56. The van der Waals surface area contributed by atoms with Crippen LogP contribution in [0.1, 0.15) is 82.4 Å². The van der Waals surface area contributed by atoms with Crippen molar-refractivity contribution in [2.24, 2.45) is 17.3 Å². The summed E-state index contributed by atoms with van der Waals surface area (Å²) in [5.41, 5.74) is 4.17. The third-order valence-electron chi connectivity index (χ3n) is 10.4. The molecule has 2 aromatic rings. The third-order valence-corrected chi connectivity index (χ3v) is 14.8. The quantitative estimate of drug-likeness (QED) is 0.266. The van der Waals surface area contributed by atoms with Crippen LogP contribution in [-0.2, 0) is 27.3 Å². The molecule has 5 atom stereocenters. The minimum absolute atomic E-state index is 0.00281. The molecule has 5 unspecified atom stereocenters. The Balaban J connectivity index is 1.21. The van der Waals surface area contributed by atoms with E-state index in [-0.39, 0.29) is 29.1 Å². The van der Waals surface area contributed by atoms with Crippen molar-refractivity contribution >= 4 is 14.3 Å². The van der Waals surface area contributed by atoms with Crippen LogP contribution >= 0.6 is 0 Å². The van der Waals surface area contributed by atoms with Gasteiger partial charge in [0.25, 0.3) is 0 Å². The second kappa shape index (κ2) is 10.5. The number of rotatable bonds is 7. The van der Waals surface area contributed by atoms with Crippen LogP contribution in [0.5, 0.6) is 5.75 Å². The zero-order valence-corrected chi connectivity index (χ0v) is 25.2. The Bertz CT molecular complexity index is 1140. The predicted molar refractivity (Wildman–Crippen MR) is 155 cm³/mol. The van der Waals surface area contributed by atoms with Crippen LogP contribution in [0.3, 0.4) is 0 Å². The number of aryl methyl sites for hydroxylation is 1. The Morgan fingerprint density at radius 3 is 2.53 bits per heavy atom. The van der Waals surface area contributed by atoms with Gasteiger partial charge in [-0.3, -0.25) is 0 Å². The van der Waals surface area contributed by atoms with Gasteiger partial charge in [0, 0.05) is 5.41 Å². The van der Waals surface area contributed by atoms with Gasteiger partial charge in [-0.2, -0.15) is 0 Å². The van der Waals surface area contributed by atoms with Crippen molar-refractivity contribution in [2.45, 2.75) is 103 Å². The highest BCUT2D eigenvalue weighted by atomic mass is 28.4. The van der Waals surface area contributed by atoms with Crippen molar-refractivity contribution in [3.63, 3.8) is 0 Å². The SMILES string of the molecule is CC12CCC3c4ccc(O[Si](C)(C)C(C)(C)C)cc4CCC3C1CCC2OC(=O)COCc1ccccc1. The third kappa shape index (κ3) is 5.33. The monoisotopic (exact) mass is 534 g/mol. The van der Waals surface area contributed by atoms with E-state index in [0.29, 0.717) is 24.4 Å². The zero-order valence-electron chi connectivity index (χ0n) is 24.2. The topological polar surface area (TPSA) is 44.8 Å². The van der Waals surface area contributed by atoms with Crippen LogP contribution in [0, 0.1) is 17.3 Å². The molecule has 0 bridgehead atoms. The standard InChI is InChI=1S/C33H46O4Si/c1-32(2,3)38(5,6)37-25-13-15-26-24(20-25)12-14-28-27(26)18-19-33(4)29(28)16-17-30(33)36-31(34)22-35-21-23-10-8-7-9-11-23/h7-11,13,15,20,27-30H,12,14,16-19,21-22H2,1-6H3. The molecular formula is C33H46O4Si. The van der Waals surface area contributed by atoms with Gasteiger partial charge in [0.05, 0.1) is 6.61 Å². The number of benzene rings is 2. The molecule has 3 aliphatic carbocycles. The molecule has 0 aromatic heterocycles. The summed E-state index contributed by atoms with van der Waals surface area (Å²) in [6, 6.07) is 16.9. The Morgan fingerprint density at radius 2 is 1.79 bits per heavy atom. The number of fused-ring (bicyclic) bond motifs is 5. The second-order valence-corrected chi connectivity index (χ2v) is 18.4. The maximum atomic E-state index is 12.7. The molecule has 2 saturated carbocycles. The van der Waals surface area contributed by atoms with E-state index >= 15 is 0 Å². The minimum Gasteiger partial charge on any atom is -0.543 e. The molecule has 0 heterocycles. The van der Waals surface area contributed by atoms with E-state index in [1.165, 1.54) is 18.4 Å². The van der Waals surface area contributed by atoms with Crippen molar-refractivity contribution in [3.05, 3.63) is 65.2 Å². The Hall–Kier alpha value is -2.11. The first kappa shape index (κ1) is 27.5. The fourth-order valence-electron chi connectivity index (χ4n) is 7.23. The van der Waals surface area contributed by atoms with Crippen molar-refractivity contribution < 1.29 is 18.7 Å². The lowest BCUT2D eigenvalue weighted by atomic mass is 9.55. The summed E-state index contributed by atoms with van der Waals surface area (Å²) in [5, 5.41) is 0.193. The average molecular weight is 535 g/mol. The number of carbonyl (C=O) groups excluding carboxylic acids is 1. The summed E-state index contributed by atoms with van der Waals surface area (Å²) < 4.78 is 18.4. The van der Waals surface area contributed by atoms with Gasteiger partial charge < -0.3 is 13.9 Å². The lowest BCUT2D eigenvalue weighted by Gasteiger charge is -2.50. The maximum absolute atomic E-state index is 12.7. The summed E-state index contributed by atoms with van der Waals surface area (Å²) in [5.74, 6) is 2.73. The second-order valence-electron chi connectivity index (χ2n) is 13.7. The molecule has 5 heteroatoms. The van der Waals surface area contributed by atoms with Crippen molar-refractivity contribution in [1.29, 1.82) is 0 Å². The summed E-state index contributed by atoms with van der Waals surface area (Å²) >= 11 is 0. The van der Waals surface area contributed by atoms with Gasteiger partial charge in [-0.15, -0.1) is 0 Å². The molecule has 0 amide bonds. The molecule has 0 aliphatic heterocycles. The normalized spacial score (nSPS) is 28.7. The number of hydrogen-bond donors (Lipinski definition) is 0. The first-order chi connectivity index (χ1) is 18.0. The van der Waals surface area contributed by atoms with Gasteiger partial charge >= 0.3 is 5.97 Å². The van der Waals surface area contributed by atoms with E-state index < -0.39 is 8.32 Å². The molecule has 206 valence electrons. The highest BCUT2D eigenvalue weighted by Gasteiger charge is 2.56. The van der Waals surface area contributed by atoms with Crippen LogP contribution < -0.4 is 4.43 Å². The smallest absolute Gasteiger partial charge is 0.332 e. The Labute approximate surface area is 230 Å². The lowest BCUT2D eigenvalue weighted by molar-refractivity contribution is -0.163. The fraction of sp³-hybridized carbons (Fsp3) is 0.606. The molecule has 3 aliphatic rings. The van der Waals surface area contributed by atoms with Crippen LogP contribution in [0.2, 0.25) is 18.1 Å². The van der Waals surface area contributed by atoms with E-state index in [4.69, 9.17) is 13.9 Å². The lowest BCUT2D eigenvalue weighted by Crippen LogP contribution is -2.45. The highest BCUT2D eigenvalue weighted by molar-refractivity contribution is 6.74. The predicted octanol–water partition coefficient (Wildman–Crippen LogP) is 8.06. The molecule has 0 saturated heterocycles. The number of esters is 1. The first-order valence-corrected chi connectivity index (χ1v) is 17.5. The zero-order chi connectivity index (χ0) is 27.1. The molecular weight excluding hydrogens is 488 g/mol. The van der Waals surface area contributed by atoms with Crippen LogP contribution in [0.15, 0.2) is 48.5 Å². The van der Waals surface area contributed by atoms with Gasteiger partial charge in [0.2, 0.25) is 8.32 Å². The van der Waals surface area contributed by atoms with Crippen molar-refractivity contribution in [1.82, 2.24) is 0 Å². The summed E-state index contributed by atoms with van der Waals surface area (Å²) in [6.45, 7) is 14.4. The number of carbonyl (C=O) groups is 1.